The monoisotopic (exact) mass is 918 g/mol. The molecule has 11 atom stereocenters. The molecule has 0 aromatic rings. The number of allylic oxidation sites excluding steroid dienone is 2. The van der Waals surface area contributed by atoms with Gasteiger partial charge in [0.05, 0.1) is 22.9 Å². The summed E-state index contributed by atoms with van der Waals surface area (Å²) in [6, 6.07) is 3.17. The van der Waals surface area contributed by atoms with Gasteiger partial charge in [-0.2, -0.15) is 0 Å². The number of hydrogen-bond acceptors (Lipinski definition) is 10. The summed E-state index contributed by atoms with van der Waals surface area (Å²) in [5.74, 6) is 5.51. The normalized spacial score (nSPS) is 31.3. The van der Waals surface area contributed by atoms with E-state index in [0.717, 1.165) is 99.1 Å². The largest absolute Gasteiger partial charge is 0.369 e. The first kappa shape index (κ1) is 62.6. The van der Waals surface area contributed by atoms with Crippen molar-refractivity contribution in [3.63, 3.8) is 0 Å². The number of ether oxygens (including phenoxy) is 1. The molecule has 61 heavy (non-hydrogen) atoms. The summed E-state index contributed by atoms with van der Waals surface area (Å²) in [5, 5.41) is 9.98. The van der Waals surface area contributed by atoms with Crippen molar-refractivity contribution in [3.8, 4) is 0 Å². The van der Waals surface area contributed by atoms with E-state index in [0.29, 0.717) is 29.8 Å². The van der Waals surface area contributed by atoms with Crippen molar-refractivity contribution in [1.82, 2.24) is 20.9 Å². The summed E-state index contributed by atoms with van der Waals surface area (Å²) >= 11 is 5.54. The van der Waals surface area contributed by atoms with Gasteiger partial charge in [-0.1, -0.05) is 74.1 Å². The second kappa shape index (κ2) is 33.0. The molecule has 0 amide bonds. The molecule has 0 aromatic heterocycles. The Balaban J connectivity index is 0. The van der Waals surface area contributed by atoms with Crippen LogP contribution in [0.3, 0.4) is 0 Å². The maximum absolute atomic E-state index is 11.3. The summed E-state index contributed by atoms with van der Waals surface area (Å²) in [6.07, 6.45) is 21.5. The van der Waals surface area contributed by atoms with Gasteiger partial charge < -0.3 is 37.9 Å². The number of carbonyl (C=O) groups excluding carboxylic acids is 2. The predicted octanol–water partition coefficient (Wildman–Crippen LogP) is 8.44. The number of halogens is 1. The van der Waals surface area contributed by atoms with Gasteiger partial charge in [-0.25, -0.2) is 0 Å². The molecule has 6 saturated carbocycles. The number of Topliss-reactive ketones (excluding diaryl/α,β-unsaturated/α-hetero) is 1. The topological polar surface area (TPSA) is 161 Å². The fourth-order valence-electron chi connectivity index (χ4n) is 9.95. The third-order valence-corrected chi connectivity index (χ3v) is 17.8. The minimum atomic E-state index is -0.933. The van der Waals surface area contributed by atoms with Crippen LogP contribution in [-0.4, -0.2) is 123 Å². The van der Waals surface area contributed by atoms with Crippen LogP contribution in [0, 0.1) is 35.5 Å². The quantitative estimate of drug-likeness (QED) is 0.0753. The number of methoxy groups -OCH3 is 1. The summed E-state index contributed by atoms with van der Waals surface area (Å²) in [5.41, 5.74) is 17.7. The highest BCUT2D eigenvalue weighted by molar-refractivity contribution is 6.82. The van der Waals surface area contributed by atoms with Crippen LogP contribution in [0.4, 0.5) is 0 Å². The number of carbonyl (C=O) groups is 2. The third-order valence-electron chi connectivity index (χ3n) is 13.2. The number of ketones is 2. The van der Waals surface area contributed by atoms with Crippen molar-refractivity contribution in [2.75, 3.05) is 59.7 Å². The molecule has 7 rings (SSSR count). The lowest BCUT2D eigenvalue weighted by atomic mass is 9.98. The molecule has 0 saturated heterocycles. The Morgan fingerprint density at radius 3 is 1.46 bits per heavy atom. The number of fused-ring (bicyclic) bond motifs is 3. The van der Waals surface area contributed by atoms with Crippen LogP contribution in [0.2, 0.25) is 39.3 Å². The highest BCUT2D eigenvalue weighted by Crippen LogP contribution is 2.44. The minimum absolute atomic E-state index is 0. The van der Waals surface area contributed by atoms with E-state index >= 15 is 0 Å². The molecule has 5 unspecified atom stereocenters. The highest BCUT2D eigenvalue weighted by atomic mass is 35.5. The molecular formula is C48H104ClN7O3Si2. The van der Waals surface area contributed by atoms with Gasteiger partial charge in [0, 0.05) is 61.6 Å². The lowest BCUT2D eigenvalue weighted by Crippen LogP contribution is -2.40. The first-order valence-electron chi connectivity index (χ1n) is 23.5. The number of nitrogens with one attached hydrogen (secondary N) is 3. The Labute approximate surface area is 385 Å². The fourth-order valence-corrected chi connectivity index (χ4v) is 11.6. The zero-order valence-electron chi connectivity index (χ0n) is 40.2. The van der Waals surface area contributed by atoms with Crippen molar-refractivity contribution in [2.45, 2.75) is 188 Å². The van der Waals surface area contributed by atoms with Crippen LogP contribution in [0.5, 0.6) is 0 Å². The number of rotatable bonds is 9. The molecule has 0 bridgehead atoms. The van der Waals surface area contributed by atoms with Gasteiger partial charge >= 0.3 is 0 Å². The van der Waals surface area contributed by atoms with Crippen LogP contribution in [-0.2, 0) is 14.3 Å². The molecule has 7 aliphatic carbocycles. The maximum atomic E-state index is 11.3. The molecule has 0 radical (unpaired) electrons. The zero-order valence-corrected chi connectivity index (χ0v) is 43.0. The van der Waals surface area contributed by atoms with Crippen LogP contribution in [0.25, 0.3) is 0 Å². The second-order valence-corrected chi connectivity index (χ2v) is 32.3. The van der Waals surface area contributed by atoms with Crippen molar-refractivity contribution in [3.05, 3.63) is 12.2 Å². The minimum Gasteiger partial charge on any atom is -0.369 e. The molecular weight excluding hydrogens is 814 g/mol. The van der Waals surface area contributed by atoms with Gasteiger partial charge in [-0.3, -0.25) is 14.5 Å². The van der Waals surface area contributed by atoms with Crippen LogP contribution < -0.4 is 33.2 Å². The summed E-state index contributed by atoms with van der Waals surface area (Å²) < 4.78 is 5.09. The summed E-state index contributed by atoms with van der Waals surface area (Å²) in [6.45, 7) is 20.6. The molecule has 0 heterocycles. The average Bonchev–Trinajstić information content (AvgIpc) is 4.05. The van der Waals surface area contributed by atoms with Gasteiger partial charge in [-0.15, -0.1) is 11.6 Å². The summed E-state index contributed by atoms with van der Waals surface area (Å²) in [7, 11) is 6.09. The lowest BCUT2D eigenvalue weighted by Gasteiger charge is -2.26. The smallest absolute Gasteiger partial charge is 0.155 e. The van der Waals surface area contributed by atoms with E-state index in [1.165, 1.54) is 64.0 Å². The average molecular weight is 919 g/mol. The van der Waals surface area contributed by atoms with Gasteiger partial charge in [0.25, 0.3) is 0 Å². The number of hydrogen-bond donors (Lipinski definition) is 6. The second-order valence-electron chi connectivity index (χ2n) is 20.7. The predicted molar refractivity (Wildman–Crippen MR) is 274 cm³/mol. The molecule has 10 nitrogen and oxygen atoms in total. The number of nitrogens with zero attached hydrogens (tertiary/aromatic N) is 1. The highest BCUT2D eigenvalue weighted by Gasteiger charge is 2.43. The molecule has 0 aliphatic heterocycles. The third kappa shape index (κ3) is 25.1. The summed E-state index contributed by atoms with van der Waals surface area (Å²) in [4.78, 5) is 23.8. The van der Waals surface area contributed by atoms with Gasteiger partial charge in [0.1, 0.15) is 5.78 Å². The standard InChI is InChI=1S/2C9H18N2.C9H15NO.C8H21NOSi.C5H6O.C4H11ClSi.C2H7N.2CH4/c2*1-11-7-4-6-2-3-9(10)8(6)5-7;1-10-7-4-6-2-3-9(11)8(6)5-7;1-6-9(7-10-2)8-11(3,4)5;6-5-3-1-2-4-5;1-6(2,3)4-5;1-2-3;;/h2*6-9,11H,2-5,10H2,1H3;6-8,10H,2-5H2,1H3;6-8H2,1-5H3;1,3H,2,4H2;4H2,1-3H3;2-3H2,1H3;2*1H4/t6-,7?,8+,9+;6-,7?,8+,9-;;;;;;;/m00......./s1. The van der Waals surface area contributed by atoms with E-state index < -0.39 is 16.1 Å². The Bertz CT molecular complexity index is 1140. The van der Waals surface area contributed by atoms with Crippen LogP contribution in [0.1, 0.15) is 119 Å². The molecule has 364 valence electrons. The van der Waals surface area contributed by atoms with E-state index in [-0.39, 0.29) is 20.6 Å². The molecule has 7 aliphatic rings. The zero-order chi connectivity index (χ0) is 44.8. The van der Waals surface area contributed by atoms with Crippen LogP contribution in [0.15, 0.2) is 12.2 Å². The SMILES string of the molecule is C.C.CCN.CCN(COC)C[Si](C)(C)C.CNC1CC2CCC(=O)C2C1.CNC1C[C@@H]2CC[C@@H](N)[C@@H]2C1.CNC1C[C@@H]2CC[C@H](N)[C@@H]2C1.C[Si](C)(C)CCl.O=C1C=CCC1. The lowest BCUT2D eigenvalue weighted by molar-refractivity contribution is -0.121. The van der Waals surface area contributed by atoms with Crippen molar-refractivity contribution >= 4 is 39.3 Å². The molecule has 0 spiro atoms. The van der Waals surface area contributed by atoms with E-state index in [4.69, 9.17) is 33.5 Å². The molecule has 13 heteroatoms. The van der Waals surface area contributed by atoms with E-state index in [1.807, 2.05) is 20.0 Å². The Kier molecular flexibility index (Phi) is 33.9. The number of nitrogens with two attached hydrogens (primary N) is 3. The first-order chi connectivity index (χ1) is 27.8. The van der Waals surface area contributed by atoms with Gasteiger partial charge in [-0.05, 0) is 153 Å². The maximum Gasteiger partial charge on any atom is 0.155 e. The van der Waals surface area contributed by atoms with Crippen LogP contribution >= 0.6 is 11.6 Å². The molecule has 0 aromatic carbocycles. The Hall–Kier alpha value is -0.516. The van der Waals surface area contributed by atoms with Crippen molar-refractivity contribution < 1.29 is 14.3 Å². The number of alkyl halides is 1. The van der Waals surface area contributed by atoms with E-state index in [9.17, 15) is 9.59 Å². The van der Waals surface area contributed by atoms with E-state index in [2.05, 4.69) is 81.2 Å². The van der Waals surface area contributed by atoms with Crippen molar-refractivity contribution in [1.29, 1.82) is 0 Å². The van der Waals surface area contributed by atoms with Gasteiger partial charge in [0.15, 0.2) is 5.78 Å². The molecule has 6 fully saturated rings. The Morgan fingerprint density at radius 2 is 1.16 bits per heavy atom. The fraction of sp³-hybridized carbons (Fsp3) is 0.917. The van der Waals surface area contributed by atoms with E-state index in [1.54, 1.807) is 13.2 Å². The van der Waals surface area contributed by atoms with Gasteiger partial charge in [0.2, 0.25) is 0 Å². The van der Waals surface area contributed by atoms with Crippen molar-refractivity contribution in [2.24, 2.45) is 52.7 Å². The Morgan fingerprint density at radius 1 is 0.721 bits per heavy atom. The molecule has 9 N–H and O–H groups in total. The first-order valence-corrected chi connectivity index (χ1v) is 31.5.